The van der Waals surface area contributed by atoms with Crippen LogP contribution in [0.2, 0.25) is 0 Å². The molecule has 0 fully saturated rings. The Kier molecular flexibility index (Phi) is 4.21. The van der Waals surface area contributed by atoms with E-state index in [0.717, 1.165) is 0 Å². The van der Waals surface area contributed by atoms with Gasteiger partial charge in [0, 0.05) is 6.42 Å². The lowest BCUT2D eigenvalue weighted by Gasteiger charge is -2.13. The topological polar surface area (TPSA) is 86.6 Å². The summed E-state index contributed by atoms with van der Waals surface area (Å²) in [6.07, 6.45) is 0.0466. The molecule has 1 aromatic rings. The van der Waals surface area contributed by atoms with Crippen LogP contribution in [-0.4, -0.2) is 34.0 Å². The van der Waals surface area contributed by atoms with Gasteiger partial charge < -0.3 is 15.5 Å². The molecule has 0 aromatic heterocycles. The van der Waals surface area contributed by atoms with E-state index < -0.39 is 23.8 Å². The van der Waals surface area contributed by atoms with Crippen molar-refractivity contribution in [2.75, 3.05) is 5.86 Å². The number of carbonyl (C=O) groups excluding carboxylic acids is 1. The average molecular weight is 259 g/mol. The molecule has 1 rings (SSSR count). The van der Waals surface area contributed by atoms with E-state index in [4.69, 9.17) is 23.2 Å². The van der Waals surface area contributed by atoms with Gasteiger partial charge in [0.1, 0.15) is 17.6 Å². The van der Waals surface area contributed by atoms with Crippen LogP contribution in [0.5, 0.6) is 5.75 Å². The number of phenols is 1. The van der Waals surface area contributed by atoms with Crippen LogP contribution >= 0.6 is 11.6 Å². The van der Waals surface area contributed by atoms with Crippen LogP contribution in [0.1, 0.15) is 6.93 Å². The van der Waals surface area contributed by atoms with Gasteiger partial charge in [-0.05, 0) is 17.7 Å². The number of carboxylic acids is 1. The molecule has 0 aliphatic carbocycles. The van der Waals surface area contributed by atoms with Gasteiger partial charge >= 0.3 is 5.97 Å². The SMILES string of the molecule is [2H]C(Cl)C(=O)N[C@@H](Cc1ccc(O)cc1)C(=O)O. The molecule has 6 heteroatoms. The van der Waals surface area contributed by atoms with Crippen LogP contribution < -0.4 is 5.32 Å². The molecular formula is C11H12ClNO4. The van der Waals surface area contributed by atoms with Gasteiger partial charge in [-0.2, -0.15) is 0 Å². The molecule has 0 saturated carbocycles. The monoisotopic (exact) mass is 258 g/mol. The smallest absolute Gasteiger partial charge is 0.326 e. The first-order valence-electron chi connectivity index (χ1n) is 5.35. The van der Waals surface area contributed by atoms with Gasteiger partial charge in [0.05, 0.1) is 1.37 Å². The second-order valence-electron chi connectivity index (χ2n) is 3.38. The number of amides is 1. The van der Waals surface area contributed by atoms with Crippen LogP contribution in [0.4, 0.5) is 0 Å². The molecule has 17 heavy (non-hydrogen) atoms. The highest BCUT2D eigenvalue weighted by molar-refractivity contribution is 6.27. The molecule has 0 aliphatic rings. The predicted molar refractivity (Wildman–Crippen MR) is 62.1 cm³/mol. The van der Waals surface area contributed by atoms with Crippen LogP contribution in [0.25, 0.3) is 0 Å². The van der Waals surface area contributed by atoms with Gasteiger partial charge in [-0.15, -0.1) is 11.6 Å². The van der Waals surface area contributed by atoms with E-state index in [1.165, 1.54) is 12.1 Å². The third-order valence-electron chi connectivity index (χ3n) is 2.09. The number of aromatic hydroxyl groups is 1. The van der Waals surface area contributed by atoms with Crippen molar-refractivity contribution in [3.05, 3.63) is 29.8 Å². The van der Waals surface area contributed by atoms with Gasteiger partial charge in [0.15, 0.2) is 0 Å². The van der Waals surface area contributed by atoms with E-state index >= 15 is 0 Å². The molecule has 0 bridgehead atoms. The summed E-state index contributed by atoms with van der Waals surface area (Å²) in [4.78, 5) is 22.1. The fourth-order valence-electron chi connectivity index (χ4n) is 1.27. The van der Waals surface area contributed by atoms with E-state index in [-0.39, 0.29) is 12.2 Å². The summed E-state index contributed by atoms with van der Waals surface area (Å²) in [6.45, 7) is 0. The number of benzene rings is 1. The molecule has 1 aromatic carbocycles. The molecule has 0 saturated heterocycles. The zero-order valence-electron chi connectivity index (χ0n) is 9.76. The lowest BCUT2D eigenvalue weighted by molar-refractivity contribution is -0.141. The fraction of sp³-hybridized carbons (Fsp3) is 0.273. The summed E-state index contributed by atoms with van der Waals surface area (Å²) in [5.41, 5.74) is 0.636. The lowest BCUT2D eigenvalue weighted by atomic mass is 10.1. The van der Waals surface area contributed by atoms with E-state index in [1.807, 2.05) is 0 Å². The number of alkyl halides is 1. The molecular weight excluding hydrogens is 246 g/mol. The van der Waals surface area contributed by atoms with Gasteiger partial charge in [0.2, 0.25) is 5.91 Å². The largest absolute Gasteiger partial charge is 0.508 e. The van der Waals surface area contributed by atoms with Gasteiger partial charge in [0.25, 0.3) is 0 Å². The Bertz CT molecular complexity index is 435. The first kappa shape index (κ1) is 11.7. The van der Waals surface area contributed by atoms with Crippen LogP contribution in [-0.2, 0) is 16.0 Å². The van der Waals surface area contributed by atoms with E-state index in [0.29, 0.717) is 5.56 Å². The summed E-state index contributed by atoms with van der Waals surface area (Å²) >= 11 is 5.23. The fourth-order valence-corrected chi connectivity index (χ4v) is 1.33. The summed E-state index contributed by atoms with van der Waals surface area (Å²) in [5.74, 6) is -3.54. The van der Waals surface area contributed by atoms with Gasteiger partial charge in [-0.1, -0.05) is 12.1 Å². The maximum atomic E-state index is 11.2. The molecule has 92 valence electrons. The highest BCUT2D eigenvalue weighted by atomic mass is 35.5. The van der Waals surface area contributed by atoms with E-state index in [1.54, 1.807) is 12.1 Å². The lowest BCUT2D eigenvalue weighted by Crippen LogP contribution is -2.42. The van der Waals surface area contributed by atoms with Crippen LogP contribution in [0.15, 0.2) is 24.3 Å². The Labute approximate surface area is 104 Å². The number of hydrogen-bond donors (Lipinski definition) is 3. The maximum Gasteiger partial charge on any atom is 0.326 e. The Morgan fingerprint density at radius 3 is 2.47 bits per heavy atom. The molecule has 3 N–H and O–H groups in total. The normalized spacial score (nSPS) is 14.5. The van der Waals surface area contributed by atoms with Crippen LogP contribution in [0.3, 0.4) is 0 Å². The van der Waals surface area contributed by atoms with Crippen molar-refractivity contribution < 1.29 is 21.2 Å². The quantitative estimate of drug-likeness (QED) is 0.680. The highest BCUT2D eigenvalue weighted by Crippen LogP contribution is 2.11. The number of hydrogen-bond acceptors (Lipinski definition) is 3. The van der Waals surface area contributed by atoms with Crippen molar-refractivity contribution in [2.24, 2.45) is 0 Å². The Morgan fingerprint density at radius 2 is 2.00 bits per heavy atom. The van der Waals surface area contributed by atoms with Crippen molar-refractivity contribution >= 4 is 23.5 Å². The summed E-state index contributed by atoms with van der Waals surface area (Å²) < 4.78 is 6.95. The van der Waals surface area contributed by atoms with Crippen molar-refractivity contribution in [3.8, 4) is 5.75 Å². The molecule has 0 aliphatic heterocycles. The Balaban J connectivity index is 2.72. The molecule has 0 heterocycles. The van der Waals surface area contributed by atoms with E-state index in [9.17, 15) is 9.59 Å². The third-order valence-corrected chi connectivity index (χ3v) is 2.29. The zero-order valence-corrected chi connectivity index (χ0v) is 9.52. The predicted octanol–water partition coefficient (Wildman–Crippen LogP) is 0.743. The molecule has 0 spiro atoms. The third kappa shape index (κ3) is 4.32. The summed E-state index contributed by atoms with van der Waals surface area (Å²) in [7, 11) is 0. The number of carbonyl (C=O) groups is 2. The van der Waals surface area contributed by atoms with Crippen molar-refractivity contribution in [1.29, 1.82) is 0 Å². The molecule has 2 atom stereocenters. The number of carboxylic acid groups (broad SMARTS) is 1. The van der Waals surface area contributed by atoms with Crippen LogP contribution in [0, 0.1) is 0 Å². The minimum absolute atomic E-state index is 0.0466. The average Bonchev–Trinajstić information content (AvgIpc) is 2.30. The first-order valence-corrected chi connectivity index (χ1v) is 5.21. The second kappa shape index (κ2) is 6.10. The minimum Gasteiger partial charge on any atom is -0.508 e. The van der Waals surface area contributed by atoms with Crippen molar-refractivity contribution in [3.63, 3.8) is 0 Å². The van der Waals surface area contributed by atoms with Crippen molar-refractivity contribution in [1.82, 2.24) is 5.32 Å². The minimum atomic E-state index is -1.54. The Hall–Kier alpha value is -1.75. The van der Waals surface area contributed by atoms with Gasteiger partial charge in [-0.3, -0.25) is 4.79 Å². The zero-order chi connectivity index (χ0) is 13.7. The number of phenolic OH excluding ortho intramolecular Hbond substituents is 1. The second-order valence-corrected chi connectivity index (χ2v) is 3.60. The molecule has 1 amide bonds. The maximum absolute atomic E-state index is 11.2. The number of rotatable bonds is 5. The number of halogens is 1. The van der Waals surface area contributed by atoms with Crippen molar-refractivity contribution in [2.45, 2.75) is 12.5 Å². The summed E-state index contributed by atoms with van der Waals surface area (Å²) in [6, 6.07) is 4.79. The highest BCUT2D eigenvalue weighted by Gasteiger charge is 2.19. The Morgan fingerprint density at radius 1 is 1.41 bits per heavy atom. The molecule has 1 unspecified atom stereocenters. The standard InChI is InChI=1S/C11H12ClNO4/c12-6-10(15)13-9(11(16)17)5-7-1-3-8(14)4-2-7/h1-4,9,14H,5-6H2,(H,13,15)(H,16,17)/t9-/m0/s1/i6D/t6?,9-. The first-order chi connectivity index (χ1) is 8.40. The molecule has 0 radical (unpaired) electrons. The van der Waals surface area contributed by atoms with E-state index in [2.05, 4.69) is 5.32 Å². The summed E-state index contributed by atoms with van der Waals surface area (Å²) in [5, 5.41) is 20.2. The van der Waals surface area contributed by atoms with Gasteiger partial charge in [-0.25, -0.2) is 4.79 Å². The molecule has 5 nitrogen and oxygen atoms in total. The number of aliphatic carboxylic acids is 1. The number of nitrogens with one attached hydrogen (secondary N) is 1.